The van der Waals surface area contributed by atoms with Crippen LogP contribution in [0.2, 0.25) is 0 Å². The zero-order chi connectivity index (χ0) is 15.8. The Balaban J connectivity index is 2.21. The third-order valence-corrected chi connectivity index (χ3v) is 5.42. The number of aryl methyl sites for hydroxylation is 1. The van der Waals surface area contributed by atoms with E-state index in [0.29, 0.717) is 13.1 Å². The number of aromatic nitrogens is 1. The van der Waals surface area contributed by atoms with Gasteiger partial charge in [-0.3, -0.25) is 9.59 Å². The van der Waals surface area contributed by atoms with Crippen LogP contribution in [0.5, 0.6) is 0 Å². The zero-order valence-electron chi connectivity index (χ0n) is 11.9. The van der Waals surface area contributed by atoms with E-state index in [9.17, 15) is 18.0 Å². The van der Waals surface area contributed by atoms with Crippen LogP contribution in [-0.2, 0) is 21.9 Å². The highest BCUT2D eigenvalue weighted by Crippen LogP contribution is 2.20. The van der Waals surface area contributed by atoms with Crippen LogP contribution in [0.4, 0.5) is 0 Å². The minimum absolute atomic E-state index is 0.0371. The molecule has 0 saturated carbocycles. The fraction of sp³-hybridized carbons (Fsp3) is 0.500. The first-order valence-electron chi connectivity index (χ1n) is 6.45. The Labute approximate surface area is 123 Å². The number of sulfonamides is 1. The normalized spacial score (nSPS) is 17.0. The smallest absolute Gasteiger partial charge is 0.265 e. The molecule has 0 aromatic carbocycles. The van der Waals surface area contributed by atoms with Crippen LogP contribution >= 0.6 is 0 Å². The van der Waals surface area contributed by atoms with Crippen molar-refractivity contribution in [2.45, 2.75) is 11.8 Å². The minimum atomic E-state index is -3.68. The second-order valence-corrected chi connectivity index (χ2v) is 6.88. The Morgan fingerprint density at radius 2 is 1.76 bits per heavy atom. The second kappa shape index (κ2) is 5.49. The van der Waals surface area contributed by atoms with Crippen LogP contribution in [0.15, 0.2) is 17.2 Å². The van der Waals surface area contributed by atoms with Crippen LogP contribution in [0, 0.1) is 0 Å². The Morgan fingerprint density at radius 1 is 1.19 bits per heavy atom. The number of hydrogen-bond donors (Lipinski definition) is 1. The molecule has 9 heteroatoms. The van der Waals surface area contributed by atoms with Gasteiger partial charge >= 0.3 is 0 Å². The predicted molar refractivity (Wildman–Crippen MR) is 74.9 cm³/mol. The third kappa shape index (κ3) is 2.93. The van der Waals surface area contributed by atoms with Gasteiger partial charge in [-0.1, -0.05) is 0 Å². The molecule has 1 aliphatic heterocycles. The van der Waals surface area contributed by atoms with E-state index in [1.165, 1.54) is 28.1 Å². The minimum Gasteiger partial charge on any atom is -0.364 e. The highest BCUT2D eigenvalue weighted by molar-refractivity contribution is 7.89. The summed E-state index contributed by atoms with van der Waals surface area (Å²) >= 11 is 0. The molecule has 116 valence electrons. The number of hydrogen-bond acceptors (Lipinski definition) is 4. The van der Waals surface area contributed by atoms with Gasteiger partial charge in [-0.05, 0) is 6.07 Å². The lowest BCUT2D eigenvalue weighted by Gasteiger charge is -2.33. The van der Waals surface area contributed by atoms with Gasteiger partial charge in [-0.2, -0.15) is 4.31 Å². The van der Waals surface area contributed by atoms with E-state index in [1.54, 1.807) is 11.9 Å². The maximum Gasteiger partial charge on any atom is 0.265 e. The summed E-state index contributed by atoms with van der Waals surface area (Å²) in [6.07, 6.45) is 1.37. The first-order valence-corrected chi connectivity index (χ1v) is 7.89. The second-order valence-electron chi connectivity index (χ2n) is 4.95. The van der Waals surface area contributed by atoms with Gasteiger partial charge < -0.3 is 15.2 Å². The van der Waals surface area contributed by atoms with Crippen molar-refractivity contribution >= 4 is 21.8 Å². The number of amides is 2. The molecule has 2 N–H and O–H groups in total. The highest BCUT2D eigenvalue weighted by atomic mass is 32.2. The maximum atomic E-state index is 12.5. The molecule has 21 heavy (non-hydrogen) atoms. The van der Waals surface area contributed by atoms with E-state index in [0.717, 1.165) is 0 Å². The summed E-state index contributed by atoms with van der Waals surface area (Å²) in [5.74, 6) is -0.747. The molecule has 2 rings (SSSR count). The van der Waals surface area contributed by atoms with Crippen molar-refractivity contribution in [1.29, 1.82) is 0 Å². The molecule has 8 nitrogen and oxygen atoms in total. The Morgan fingerprint density at radius 3 is 2.19 bits per heavy atom. The van der Waals surface area contributed by atoms with Crippen molar-refractivity contribution in [2.24, 2.45) is 12.8 Å². The van der Waals surface area contributed by atoms with Crippen LogP contribution in [-0.4, -0.2) is 60.2 Å². The van der Waals surface area contributed by atoms with Gasteiger partial charge in [0.05, 0.1) is 0 Å². The molecular weight excluding hydrogens is 296 g/mol. The van der Waals surface area contributed by atoms with E-state index in [4.69, 9.17) is 5.73 Å². The van der Waals surface area contributed by atoms with Crippen molar-refractivity contribution in [2.75, 3.05) is 26.2 Å². The predicted octanol–water partition coefficient (Wildman–Crippen LogP) is -1.02. The summed E-state index contributed by atoms with van der Waals surface area (Å²) in [6.45, 7) is 2.67. The summed E-state index contributed by atoms with van der Waals surface area (Å²) in [5.41, 5.74) is 5.32. The SMILES string of the molecule is CC(=O)N1CCN(S(=O)(=O)c2cc(C(N)=O)n(C)c2)CC1. The molecule has 1 saturated heterocycles. The van der Waals surface area contributed by atoms with Crippen molar-refractivity contribution < 1.29 is 18.0 Å². The molecule has 0 aliphatic carbocycles. The number of rotatable bonds is 3. The molecule has 2 amide bonds. The van der Waals surface area contributed by atoms with Gasteiger partial charge in [0.2, 0.25) is 15.9 Å². The highest BCUT2D eigenvalue weighted by Gasteiger charge is 2.30. The summed E-state index contributed by atoms with van der Waals surface area (Å²) in [5, 5.41) is 0. The number of nitrogens with two attached hydrogens (primary N) is 1. The molecule has 0 atom stereocenters. The van der Waals surface area contributed by atoms with Crippen LogP contribution in [0.25, 0.3) is 0 Å². The Bertz CT molecular complexity index is 671. The first-order chi connectivity index (χ1) is 9.73. The number of piperazine rings is 1. The van der Waals surface area contributed by atoms with Crippen LogP contribution < -0.4 is 5.73 Å². The lowest BCUT2D eigenvalue weighted by molar-refractivity contribution is -0.129. The fourth-order valence-electron chi connectivity index (χ4n) is 2.31. The van der Waals surface area contributed by atoms with E-state index in [1.807, 2.05) is 0 Å². The standard InChI is InChI=1S/C12H18N4O4S/c1-9(17)15-3-5-16(6-4-15)21(19,20)10-7-11(12(13)18)14(2)8-10/h7-8H,3-6H2,1-2H3,(H2,13,18). The average molecular weight is 314 g/mol. The van der Waals surface area contributed by atoms with Crippen molar-refractivity contribution in [3.05, 3.63) is 18.0 Å². The zero-order valence-corrected chi connectivity index (χ0v) is 12.8. The van der Waals surface area contributed by atoms with E-state index in [2.05, 4.69) is 0 Å². The number of primary amides is 1. The number of carbonyl (C=O) groups excluding carboxylic acids is 2. The van der Waals surface area contributed by atoms with Crippen LogP contribution in [0.3, 0.4) is 0 Å². The van der Waals surface area contributed by atoms with Gasteiger partial charge in [0.1, 0.15) is 10.6 Å². The topological polar surface area (TPSA) is 106 Å². The van der Waals surface area contributed by atoms with Gasteiger partial charge in [-0.15, -0.1) is 0 Å². The average Bonchev–Trinajstić information content (AvgIpc) is 2.82. The van der Waals surface area contributed by atoms with Crippen molar-refractivity contribution in [3.8, 4) is 0 Å². The third-order valence-electron chi connectivity index (χ3n) is 3.55. The molecule has 0 bridgehead atoms. The molecule has 1 aliphatic rings. The van der Waals surface area contributed by atoms with Gasteiger partial charge in [0.15, 0.2) is 0 Å². The first kappa shape index (κ1) is 15.5. The van der Waals surface area contributed by atoms with Gasteiger partial charge in [-0.25, -0.2) is 8.42 Å². The molecule has 0 radical (unpaired) electrons. The molecule has 0 unspecified atom stereocenters. The quantitative estimate of drug-likeness (QED) is 0.770. The fourth-order valence-corrected chi connectivity index (χ4v) is 3.81. The Kier molecular flexibility index (Phi) is 4.06. The van der Waals surface area contributed by atoms with Crippen molar-refractivity contribution in [3.63, 3.8) is 0 Å². The molecule has 1 aromatic heterocycles. The van der Waals surface area contributed by atoms with Crippen molar-refractivity contribution in [1.82, 2.24) is 13.8 Å². The van der Waals surface area contributed by atoms with Gasteiger partial charge in [0.25, 0.3) is 5.91 Å². The Hall–Kier alpha value is -1.87. The van der Waals surface area contributed by atoms with E-state index < -0.39 is 15.9 Å². The molecule has 2 heterocycles. The summed E-state index contributed by atoms with van der Waals surface area (Å²) < 4.78 is 27.7. The summed E-state index contributed by atoms with van der Waals surface area (Å²) in [4.78, 5) is 24.1. The molecular formula is C12H18N4O4S. The van der Waals surface area contributed by atoms with Gasteiger partial charge in [0, 0.05) is 46.3 Å². The molecule has 1 aromatic rings. The monoisotopic (exact) mass is 314 g/mol. The number of carbonyl (C=O) groups is 2. The maximum absolute atomic E-state index is 12.5. The molecule has 0 spiro atoms. The van der Waals surface area contributed by atoms with E-state index >= 15 is 0 Å². The number of nitrogens with zero attached hydrogens (tertiary/aromatic N) is 3. The van der Waals surface area contributed by atoms with E-state index in [-0.39, 0.29) is 29.6 Å². The lowest BCUT2D eigenvalue weighted by Crippen LogP contribution is -2.49. The lowest BCUT2D eigenvalue weighted by atomic mass is 10.3. The summed E-state index contributed by atoms with van der Waals surface area (Å²) in [6, 6.07) is 1.27. The molecule has 1 fully saturated rings. The largest absolute Gasteiger partial charge is 0.364 e. The summed E-state index contributed by atoms with van der Waals surface area (Å²) in [7, 11) is -2.12. The van der Waals surface area contributed by atoms with Crippen LogP contribution in [0.1, 0.15) is 17.4 Å².